The molecule has 3 aromatic heterocycles. The van der Waals surface area contributed by atoms with E-state index in [1.165, 1.54) is 83.0 Å². The Kier molecular flexibility index (Phi) is 4.15. The van der Waals surface area contributed by atoms with Crippen molar-refractivity contribution < 1.29 is 4.40 Å². The zero-order valence-electron chi connectivity index (χ0n) is 17.6. The van der Waals surface area contributed by atoms with Crippen molar-refractivity contribution in [3.05, 3.63) is 72.4 Å². The van der Waals surface area contributed by atoms with Crippen LogP contribution in [0.3, 0.4) is 0 Å². The minimum atomic E-state index is 1.14. The minimum absolute atomic E-state index is 1.14. The number of fused-ring (bicyclic) bond motifs is 7. The lowest BCUT2D eigenvalue weighted by Gasteiger charge is -2.28. The average molecular weight is 395 g/mol. The number of piperidine rings is 1. The molecule has 0 aliphatic carbocycles. The molecule has 4 heterocycles. The summed E-state index contributed by atoms with van der Waals surface area (Å²) in [6.45, 7) is 4.61. The predicted octanol–water partition coefficient (Wildman–Crippen LogP) is 5.93. The Hall–Kier alpha value is -3.07. The first-order valence-electron chi connectivity index (χ1n) is 11.4. The van der Waals surface area contributed by atoms with E-state index in [9.17, 15) is 0 Å². The van der Waals surface area contributed by atoms with Crippen molar-refractivity contribution in [2.75, 3.05) is 18.0 Å². The van der Waals surface area contributed by atoms with Gasteiger partial charge < -0.3 is 4.90 Å². The Balaban J connectivity index is 1.55. The molecule has 0 N–H and O–H groups in total. The molecule has 1 aliphatic heterocycles. The molecule has 1 fully saturated rings. The molecule has 3 heteroatoms. The number of pyridine rings is 2. The van der Waals surface area contributed by atoms with Gasteiger partial charge in [0.25, 0.3) is 5.65 Å². The van der Waals surface area contributed by atoms with Gasteiger partial charge in [0.1, 0.15) is 17.2 Å². The molecule has 0 bridgehead atoms. The van der Waals surface area contributed by atoms with Crippen LogP contribution in [0.5, 0.6) is 0 Å². The molecule has 0 saturated carbocycles. The molecule has 1 saturated heterocycles. The van der Waals surface area contributed by atoms with E-state index in [0.717, 1.165) is 6.42 Å². The average Bonchev–Trinajstić information content (AvgIpc) is 3.19. The van der Waals surface area contributed by atoms with E-state index in [0.29, 0.717) is 0 Å². The van der Waals surface area contributed by atoms with Gasteiger partial charge in [0.2, 0.25) is 0 Å². The number of hydrogen-bond donors (Lipinski definition) is 0. The fourth-order valence-corrected chi connectivity index (χ4v) is 5.19. The SMILES string of the molecule is CCCc1ccc2c(ccc3c[n+]4c5ccc(N6CCCCC6)cc5ccc4n32)c1. The zero-order valence-corrected chi connectivity index (χ0v) is 17.6. The molecule has 150 valence electrons. The fourth-order valence-electron chi connectivity index (χ4n) is 5.19. The van der Waals surface area contributed by atoms with Gasteiger partial charge in [0.15, 0.2) is 5.52 Å². The third-order valence-corrected chi connectivity index (χ3v) is 6.70. The maximum absolute atomic E-state index is 2.54. The summed E-state index contributed by atoms with van der Waals surface area (Å²) < 4.78 is 4.74. The zero-order chi connectivity index (χ0) is 20.1. The summed E-state index contributed by atoms with van der Waals surface area (Å²) in [7, 11) is 0. The van der Waals surface area contributed by atoms with Crippen LogP contribution in [-0.4, -0.2) is 17.5 Å². The Morgan fingerprint density at radius 3 is 2.57 bits per heavy atom. The van der Waals surface area contributed by atoms with Gasteiger partial charge in [-0.15, -0.1) is 0 Å². The first kappa shape index (κ1) is 17.8. The lowest BCUT2D eigenvalue weighted by molar-refractivity contribution is -0.479. The molecule has 0 unspecified atom stereocenters. The summed E-state index contributed by atoms with van der Waals surface area (Å²) in [6.07, 6.45) is 8.58. The van der Waals surface area contributed by atoms with Crippen LogP contribution >= 0.6 is 0 Å². The lowest BCUT2D eigenvalue weighted by atomic mass is 10.1. The molecule has 0 radical (unpaired) electrons. The van der Waals surface area contributed by atoms with Crippen LogP contribution in [0, 0.1) is 0 Å². The van der Waals surface area contributed by atoms with Crippen LogP contribution in [-0.2, 0) is 6.42 Å². The minimum Gasteiger partial charge on any atom is -0.372 e. The van der Waals surface area contributed by atoms with Crippen LogP contribution in [0.25, 0.3) is 33.0 Å². The lowest BCUT2D eigenvalue weighted by Crippen LogP contribution is -2.29. The van der Waals surface area contributed by atoms with Crippen LogP contribution in [0.1, 0.15) is 38.2 Å². The monoisotopic (exact) mass is 394 g/mol. The summed E-state index contributed by atoms with van der Waals surface area (Å²) in [4.78, 5) is 2.54. The van der Waals surface area contributed by atoms with E-state index in [1.807, 2.05) is 0 Å². The molecular formula is C27H28N3+. The van der Waals surface area contributed by atoms with Crippen molar-refractivity contribution in [3.8, 4) is 0 Å². The van der Waals surface area contributed by atoms with Gasteiger partial charge in [-0.05, 0) is 79.8 Å². The second-order valence-corrected chi connectivity index (χ2v) is 8.72. The molecule has 3 nitrogen and oxygen atoms in total. The van der Waals surface area contributed by atoms with Crippen molar-refractivity contribution in [2.45, 2.75) is 39.0 Å². The first-order chi connectivity index (χ1) is 14.8. The van der Waals surface area contributed by atoms with Crippen molar-refractivity contribution in [1.29, 1.82) is 0 Å². The van der Waals surface area contributed by atoms with Gasteiger partial charge in [0, 0.05) is 35.6 Å². The topological polar surface area (TPSA) is 11.8 Å². The number of anilines is 1. The van der Waals surface area contributed by atoms with E-state index in [-0.39, 0.29) is 0 Å². The highest BCUT2D eigenvalue weighted by molar-refractivity contribution is 5.87. The second kappa shape index (κ2) is 7.02. The summed E-state index contributed by atoms with van der Waals surface area (Å²) >= 11 is 0. The highest BCUT2D eigenvalue weighted by atomic mass is 15.1. The molecule has 0 spiro atoms. The number of nitrogens with zero attached hydrogens (tertiary/aromatic N) is 3. The first-order valence-corrected chi connectivity index (χ1v) is 11.4. The number of benzene rings is 2. The van der Waals surface area contributed by atoms with Gasteiger partial charge >= 0.3 is 0 Å². The van der Waals surface area contributed by atoms with Crippen molar-refractivity contribution in [1.82, 2.24) is 4.40 Å². The van der Waals surface area contributed by atoms with E-state index in [1.54, 1.807) is 0 Å². The van der Waals surface area contributed by atoms with Gasteiger partial charge in [-0.2, -0.15) is 8.80 Å². The molecule has 2 aromatic carbocycles. The van der Waals surface area contributed by atoms with Gasteiger partial charge in [-0.25, -0.2) is 0 Å². The maximum Gasteiger partial charge on any atom is 0.292 e. The predicted molar refractivity (Wildman–Crippen MR) is 126 cm³/mol. The molecule has 30 heavy (non-hydrogen) atoms. The summed E-state index contributed by atoms with van der Waals surface area (Å²) in [5.41, 5.74) is 7.78. The largest absolute Gasteiger partial charge is 0.372 e. The molecular weight excluding hydrogens is 366 g/mol. The summed E-state index contributed by atoms with van der Waals surface area (Å²) in [5, 5.41) is 2.62. The molecule has 1 aliphatic rings. The number of aromatic nitrogens is 2. The highest BCUT2D eigenvalue weighted by Crippen LogP contribution is 2.26. The smallest absolute Gasteiger partial charge is 0.292 e. The molecule has 5 aromatic rings. The number of hydrogen-bond acceptors (Lipinski definition) is 1. The number of aryl methyl sites for hydroxylation is 1. The normalized spacial score (nSPS) is 15.0. The second-order valence-electron chi connectivity index (χ2n) is 8.72. The van der Waals surface area contributed by atoms with E-state index < -0.39 is 0 Å². The standard InChI is InChI=1S/C27H28N3/c1-2-6-20-7-12-26-21(17-20)8-10-24-19-29-25-13-11-23(28-15-4-3-5-16-28)18-22(25)9-14-27(29)30(24)26/h7-14,17-19H,2-6,15-16H2,1H3/q+1. The van der Waals surface area contributed by atoms with E-state index in [2.05, 4.69) is 87.5 Å². The Labute approximate surface area is 177 Å². The van der Waals surface area contributed by atoms with Gasteiger partial charge in [-0.3, -0.25) is 0 Å². The van der Waals surface area contributed by atoms with Crippen LogP contribution in [0.2, 0.25) is 0 Å². The maximum atomic E-state index is 2.54. The van der Waals surface area contributed by atoms with E-state index in [4.69, 9.17) is 0 Å². The quantitative estimate of drug-likeness (QED) is 0.346. The van der Waals surface area contributed by atoms with Crippen LogP contribution < -0.4 is 9.30 Å². The Bertz CT molecular complexity index is 1390. The molecule has 0 amide bonds. The summed E-state index contributed by atoms with van der Waals surface area (Å²) in [5.74, 6) is 0. The van der Waals surface area contributed by atoms with Gasteiger partial charge in [0.05, 0.1) is 0 Å². The molecule has 0 atom stereocenters. The van der Waals surface area contributed by atoms with Crippen LogP contribution in [0.15, 0.2) is 66.9 Å². The number of rotatable bonds is 3. The van der Waals surface area contributed by atoms with Crippen molar-refractivity contribution in [3.63, 3.8) is 0 Å². The van der Waals surface area contributed by atoms with Crippen LogP contribution in [0.4, 0.5) is 5.69 Å². The fraction of sp³-hybridized carbons (Fsp3) is 0.296. The molecule has 6 rings (SSSR count). The third kappa shape index (κ3) is 2.76. The van der Waals surface area contributed by atoms with Gasteiger partial charge in [-0.1, -0.05) is 19.4 Å². The Morgan fingerprint density at radius 1 is 0.833 bits per heavy atom. The van der Waals surface area contributed by atoms with Crippen molar-refractivity contribution >= 4 is 38.7 Å². The summed E-state index contributed by atoms with van der Waals surface area (Å²) in [6, 6.07) is 23.0. The third-order valence-electron chi connectivity index (χ3n) is 6.70. The Morgan fingerprint density at radius 2 is 1.70 bits per heavy atom. The van der Waals surface area contributed by atoms with E-state index >= 15 is 0 Å². The number of imidazole rings is 1. The highest BCUT2D eigenvalue weighted by Gasteiger charge is 2.18. The van der Waals surface area contributed by atoms with Crippen molar-refractivity contribution in [2.24, 2.45) is 0 Å².